The first-order valence-corrected chi connectivity index (χ1v) is 7.31. The second kappa shape index (κ2) is 6.67. The monoisotopic (exact) mass is 291 g/mol. The molecule has 1 N–H and O–H groups in total. The van der Waals surface area contributed by atoms with Gasteiger partial charge >= 0.3 is 0 Å². The zero-order valence-electron chi connectivity index (χ0n) is 12.5. The topological polar surface area (TPSA) is 75.5 Å². The van der Waals surface area contributed by atoms with Gasteiger partial charge in [0.15, 0.2) is 0 Å². The van der Waals surface area contributed by atoms with Gasteiger partial charge in [-0.25, -0.2) is 0 Å². The lowest BCUT2D eigenvalue weighted by Crippen LogP contribution is -2.42. The lowest BCUT2D eigenvalue weighted by Gasteiger charge is -2.22. The van der Waals surface area contributed by atoms with Gasteiger partial charge in [-0.1, -0.05) is 19.4 Å². The smallest absolute Gasteiger partial charge is 0.269 e. The van der Waals surface area contributed by atoms with Crippen molar-refractivity contribution < 1.29 is 9.72 Å². The standard InChI is InChI=1S/C15H21N3O3/c1-3-4-7-16-15(19)11(2)17-9-12-5-6-14(18(20)21)8-13(12)10-17/h5-6,8,11H,3-4,7,9-10H2,1-2H3,(H,16,19)/t11-/m0/s1. The number of carbonyl (C=O) groups is 1. The Balaban J connectivity index is 1.98. The number of benzene rings is 1. The summed E-state index contributed by atoms with van der Waals surface area (Å²) >= 11 is 0. The average Bonchev–Trinajstić information content (AvgIpc) is 2.89. The first-order chi connectivity index (χ1) is 10.0. The van der Waals surface area contributed by atoms with Crippen LogP contribution in [0.4, 0.5) is 5.69 Å². The summed E-state index contributed by atoms with van der Waals surface area (Å²) < 4.78 is 0. The van der Waals surface area contributed by atoms with Crippen LogP contribution in [0, 0.1) is 10.1 Å². The van der Waals surface area contributed by atoms with E-state index in [4.69, 9.17) is 0 Å². The number of nitro groups is 1. The van der Waals surface area contributed by atoms with Crippen LogP contribution in [0.5, 0.6) is 0 Å². The van der Waals surface area contributed by atoms with Crippen molar-refractivity contribution in [3.8, 4) is 0 Å². The van der Waals surface area contributed by atoms with Gasteiger partial charge in [-0.15, -0.1) is 0 Å². The molecule has 0 spiro atoms. The lowest BCUT2D eigenvalue weighted by atomic mass is 10.1. The molecule has 2 rings (SSSR count). The molecule has 0 aromatic heterocycles. The highest BCUT2D eigenvalue weighted by molar-refractivity contribution is 5.81. The summed E-state index contributed by atoms with van der Waals surface area (Å²) in [7, 11) is 0. The van der Waals surface area contributed by atoms with Crippen molar-refractivity contribution in [3.05, 3.63) is 39.4 Å². The number of nitro benzene ring substituents is 1. The van der Waals surface area contributed by atoms with Gasteiger partial charge in [0.1, 0.15) is 0 Å². The number of nitrogens with zero attached hydrogens (tertiary/aromatic N) is 2. The van der Waals surface area contributed by atoms with Crippen LogP contribution in [0.1, 0.15) is 37.8 Å². The van der Waals surface area contributed by atoms with Crippen LogP contribution in [-0.4, -0.2) is 28.3 Å². The lowest BCUT2D eigenvalue weighted by molar-refractivity contribution is -0.384. The second-order valence-electron chi connectivity index (χ2n) is 5.44. The van der Waals surface area contributed by atoms with Gasteiger partial charge in [-0.3, -0.25) is 19.8 Å². The van der Waals surface area contributed by atoms with Crippen LogP contribution in [0.2, 0.25) is 0 Å². The predicted molar refractivity (Wildman–Crippen MR) is 79.7 cm³/mol. The molecule has 114 valence electrons. The maximum Gasteiger partial charge on any atom is 0.269 e. The van der Waals surface area contributed by atoms with Crippen molar-refractivity contribution in [2.45, 2.75) is 45.8 Å². The minimum Gasteiger partial charge on any atom is -0.355 e. The van der Waals surface area contributed by atoms with E-state index in [1.807, 2.05) is 11.8 Å². The molecule has 6 heteroatoms. The third kappa shape index (κ3) is 3.58. The van der Waals surface area contributed by atoms with Gasteiger partial charge in [0, 0.05) is 31.8 Å². The molecule has 1 aromatic rings. The number of fused-ring (bicyclic) bond motifs is 1. The number of hydrogen-bond acceptors (Lipinski definition) is 4. The van der Waals surface area contributed by atoms with Gasteiger partial charge < -0.3 is 5.32 Å². The Bertz CT molecular complexity index is 545. The van der Waals surface area contributed by atoms with E-state index in [0.717, 1.165) is 24.0 Å². The zero-order chi connectivity index (χ0) is 15.4. The number of unbranched alkanes of at least 4 members (excludes halogenated alkanes) is 1. The number of hydrogen-bond donors (Lipinski definition) is 1. The Morgan fingerprint density at radius 2 is 2.14 bits per heavy atom. The van der Waals surface area contributed by atoms with Crippen LogP contribution < -0.4 is 5.32 Å². The summed E-state index contributed by atoms with van der Waals surface area (Å²) in [5.41, 5.74) is 2.11. The van der Waals surface area contributed by atoms with E-state index in [1.165, 1.54) is 6.07 Å². The largest absolute Gasteiger partial charge is 0.355 e. The third-order valence-corrected chi connectivity index (χ3v) is 3.90. The fourth-order valence-electron chi connectivity index (χ4n) is 2.50. The molecule has 0 saturated heterocycles. The minimum atomic E-state index is -0.385. The molecule has 0 unspecified atom stereocenters. The van der Waals surface area contributed by atoms with E-state index in [1.54, 1.807) is 12.1 Å². The van der Waals surface area contributed by atoms with Crippen LogP contribution in [0.15, 0.2) is 18.2 Å². The summed E-state index contributed by atoms with van der Waals surface area (Å²) in [4.78, 5) is 24.5. The number of non-ortho nitro benzene ring substituents is 1. The highest BCUT2D eigenvalue weighted by Gasteiger charge is 2.28. The molecule has 1 aromatic carbocycles. The maximum absolute atomic E-state index is 12.1. The molecule has 1 aliphatic rings. The highest BCUT2D eigenvalue weighted by Crippen LogP contribution is 2.27. The molecule has 1 aliphatic heterocycles. The molecule has 0 fully saturated rings. The average molecular weight is 291 g/mol. The van der Waals surface area contributed by atoms with Crippen molar-refractivity contribution >= 4 is 11.6 Å². The normalized spacial score (nSPS) is 15.5. The molecule has 1 atom stereocenters. The summed E-state index contributed by atoms with van der Waals surface area (Å²) in [6.45, 7) is 5.90. The fraction of sp³-hybridized carbons (Fsp3) is 0.533. The van der Waals surface area contributed by atoms with Crippen molar-refractivity contribution in [1.29, 1.82) is 0 Å². The zero-order valence-corrected chi connectivity index (χ0v) is 12.5. The Kier molecular flexibility index (Phi) is 4.90. The van der Waals surface area contributed by atoms with E-state index < -0.39 is 0 Å². The van der Waals surface area contributed by atoms with Crippen LogP contribution in [0.3, 0.4) is 0 Å². The molecule has 0 saturated carbocycles. The summed E-state index contributed by atoms with van der Waals surface area (Å²) in [5.74, 6) is 0.0192. The Morgan fingerprint density at radius 1 is 1.43 bits per heavy atom. The second-order valence-corrected chi connectivity index (χ2v) is 5.44. The molecule has 21 heavy (non-hydrogen) atoms. The van der Waals surface area contributed by atoms with Crippen molar-refractivity contribution in [3.63, 3.8) is 0 Å². The van der Waals surface area contributed by atoms with Crippen molar-refractivity contribution in [1.82, 2.24) is 10.2 Å². The van der Waals surface area contributed by atoms with Gasteiger partial charge in [0.25, 0.3) is 5.69 Å². The van der Waals surface area contributed by atoms with E-state index in [-0.39, 0.29) is 22.6 Å². The van der Waals surface area contributed by atoms with Gasteiger partial charge in [-0.05, 0) is 24.5 Å². The molecule has 0 radical (unpaired) electrons. The van der Waals surface area contributed by atoms with Gasteiger partial charge in [0.2, 0.25) is 5.91 Å². The first kappa shape index (κ1) is 15.4. The number of rotatable bonds is 6. The summed E-state index contributed by atoms with van der Waals surface area (Å²) in [6.07, 6.45) is 2.03. The Labute approximate surface area is 124 Å². The van der Waals surface area contributed by atoms with E-state index in [2.05, 4.69) is 12.2 Å². The van der Waals surface area contributed by atoms with Crippen LogP contribution in [0.25, 0.3) is 0 Å². The minimum absolute atomic E-state index is 0.0192. The van der Waals surface area contributed by atoms with Crippen LogP contribution >= 0.6 is 0 Å². The van der Waals surface area contributed by atoms with Crippen molar-refractivity contribution in [2.75, 3.05) is 6.54 Å². The molecule has 6 nitrogen and oxygen atoms in total. The molecule has 0 aliphatic carbocycles. The highest BCUT2D eigenvalue weighted by atomic mass is 16.6. The number of nitrogens with one attached hydrogen (secondary N) is 1. The predicted octanol–water partition coefficient (Wildman–Crippen LogP) is 2.22. The Morgan fingerprint density at radius 3 is 2.81 bits per heavy atom. The van der Waals surface area contributed by atoms with Gasteiger partial charge in [0.05, 0.1) is 11.0 Å². The third-order valence-electron chi connectivity index (χ3n) is 3.90. The van der Waals surface area contributed by atoms with E-state index in [9.17, 15) is 14.9 Å². The number of carbonyl (C=O) groups excluding carboxylic acids is 1. The first-order valence-electron chi connectivity index (χ1n) is 7.31. The molecular formula is C15H21N3O3. The maximum atomic E-state index is 12.1. The van der Waals surface area contributed by atoms with Crippen LogP contribution in [-0.2, 0) is 17.9 Å². The quantitative estimate of drug-likeness (QED) is 0.495. The van der Waals surface area contributed by atoms with E-state index in [0.29, 0.717) is 19.6 Å². The molecule has 1 amide bonds. The Hall–Kier alpha value is -1.95. The molecule has 1 heterocycles. The summed E-state index contributed by atoms with van der Waals surface area (Å²) in [6, 6.07) is 4.69. The molecular weight excluding hydrogens is 270 g/mol. The van der Waals surface area contributed by atoms with Crippen molar-refractivity contribution in [2.24, 2.45) is 0 Å². The molecule has 0 bridgehead atoms. The summed E-state index contributed by atoms with van der Waals surface area (Å²) in [5, 5.41) is 13.7. The van der Waals surface area contributed by atoms with E-state index >= 15 is 0 Å². The number of amides is 1. The fourth-order valence-corrected chi connectivity index (χ4v) is 2.50. The van der Waals surface area contributed by atoms with Gasteiger partial charge in [-0.2, -0.15) is 0 Å². The SMILES string of the molecule is CCCCNC(=O)[C@H](C)N1Cc2ccc([N+](=O)[O-])cc2C1.